The lowest BCUT2D eigenvalue weighted by Crippen LogP contribution is -2.47. The SMILES string of the molecule is CCN(CCNC(=O)C(CC)(CC)CN)C1CC1. The molecular formula is C14H29N3O. The van der Waals surface area contributed by atoms with Crippen LogP contribution in [-0.2, 0) is 4.79 Å². The van der Waals surface area contributed by atoms with Gasteiger partial charge in [-0.3, -0.25) is 9.69 Å². The Bertz CT molecular complexity index is 252. The second-order valence-electron chi connectivity index (χ2n) is 5.31. The molecule has 0 aliphatic heterocycles. The molecule has 1 fully saturated rings. The van der Waals surface area contributed by atoms with Crippen molar-refractivity contribution in [1.29, 1.82) is 0 Å². The van der Waals surface area contributed by atoms with E-state index in [-0.39, 0.29) is 11.3 Å². The van der Waals surface area contributed by atoms with Gasteiger partial charge in [-0.05, 0) is 32.2 Å². The van der Waals surface area contributed by atoms with E-state index in [1.807, 2.05) is 13.8 Å². The summed E-state index contributed by atoms with van der Waals surface area (Å²) in [6.45, 7) is 9.47. The first-order valence-electron chi connectivity index (χ1n) is 7.36. The molecule has 4 nitrogen and oxygen atoms in total. The summed E-state index contributed by atoms with van der Waals surface area (Å²) in [7, 11) is 0. The number of likely N-dealkylation sites (N-methyl/N-ethyl adjacent to an activating group) is 1. The summed E-state index contributed by atoms with van der Waals surface area (Å²) < 4.78 is 0. The van der Waals surface area contributed by atoms with Gasteiger partial charge in [0.1, 0.15) is 0 Å². The number of nitrogens with one attached hydrogen (secondary N) is 1. The van der Waals surface area contributed by atoms with Crippen molar-refractivity contribution in [2.24, 2.45) is 11.1 Å². The zero-order valence-electron chi connectivity index (χ0n) is 12.2. The monoisotopic (exact) mass is 255 g/mol. The lowest BCUT2D eigenvalue weighted by Gasteiger charge is -2.29. The van der Waals surface area contributed by atoms with Gasteiger partial charge in [-0.1, -0.05) is 20.8 Å². The Morgan fingerprint density at radius 2 is 1.94 bits per heavy atom. The van der Waals surface area contributed by atoms with Crippen LogP contribution in [0.1, 0.15) is 46.5 Å². The van der Waals surface area contributed by atoms with E-state index in [2.05, 4.69) is 17.1 Å². The minimum absolute atomic E-state index is 0.127. The first-order valence-corrected chi connectivity index (χ1v) is 7.36. The number of nitrogens with zero attached hydrogens (tertiary/aromatic N) is 1. The molecule has 0 radical (unpaired) electrons. The van der Waals surface area contributed by atoms with E-state index in [4.69, 9.17) is 5.73 Å². The molecule has 106 valence electrons. The van der Waals surface area contributed by atoms with E-state index in [9.17, 15) is 4.79 Å². The fourth-order valence-electron chi connectivity index (χ4n) is 2.49. The fourth-order valence-corrected chi connectivity index (χ4v) is 2.49. The molecule has 1 rings (SSSR count). The predicted molar refractivity (Wildman–Crippen MR) is 75.3 cm³/mol. The standard InChI is InChI=1S/C14H29N3O/c1-4-14(5-2,11-15)13(18)16-9-10-17(6-3)12-7-8-12/h12H,4-11,15H2,1-3H3,(H,16,18). The molecule has 0 saturated heterocycles. The van der Waals surface area contributed by atoms with E-state index in [0.29, 0.717) is 6.54 Å². The maximum atomic E-state index is 12.2. The van der Waals surface area contributed by atoms with E-state index in [1.54, 1.807) is 0 Å². The van der Waals surface area contributed by atoms with Crippen LogP contribution in [0.2, 0.25) is 0 Å². The van der Waals surface area contributed by atoms with Gasteiger partial charge in [0.05, 0.1) is 5.41 Å². The Morgan fingerprint density at radius 1 is 1.33 bits per heavy atom. The van der Waals surface area contributed by atoms with Gasteiger partial charge in [-0.25, -0.2) is 0 Å². The number of hydrogen-bond acceptors (Lipinski definition) is 3. The van der Waals surface area contributed by atoms with Crippen LogP contribution in [0.4, 0.5) is 0 Å². The maximum Gasteiger partial charge on any atom is 0.227 e. The number of hydrogen-bond donors (Lipinski definition) is 2. The topological polar surface area (TPSA) is 58.4 Å². The molecule has 1 aliphatic carbocycles. The average molecular weight is 255 g/mol. The van der Waals surface area contributed by atoms with Gasteiger partial charge in [0.15, 0.2) is 0 Å². The third-order valence-corrected chi connectivity index (χ3v) is 4.38. The summed E-state index contributed by atoms with van der Waals surface area (Å²) in [5.41, 5.74) is 5.41. The summed E-state index contributed by atoms with van der Waals surface area (Å²) in [4.78, 5) is 14.7. The number of amides is 1. The lowest BCUT2D eigenvalue weighted by atomic mass is 9.81. The Balaban J connectivity index is 2.34. The second kappa shape index (κ2) is 7.10. The van der Waals surface area contributed by atoms with Gasteiger partial charge < -0.3 is 11.1 Å². The van der Waals surface area contributed by atoms with E-state index >= 15 is 0 Å². The number of rotatable bonds is 9. The summed E-state index contributed by atoms with van der Waals surface area (Å²) >= 11 is 0. The van der Waals surface area contributed by atoms with E-state index < -0.39 is 0 Å². The largest absolute Gasteiger partial charge is 0.354 e. The van der Waals surface area contributed by atoms with Crippen molar-refractivity contribution in [2.75, 3.05) is 26.2 Å². The first-order chi connectivity index (χ1) is 8.63. The van der Waals surface area contributed by atoms with E-state index in [1.165, 1.54) is 12.8 Å². The first kappa shape index (κ1) is 15.4. The van der Waals surface area contributed by atoms with Crippen molar-refractivity contribution in [1.82, 2.24) is 10.2 Å². The number of carbonyl (C=O) groups excluding carboxylic acids is 1. The Hall–Kier alpha value is -0.610. The molecule has 0 heterocycles. The van der Waals surface area contributed by atoms with Crippen LogP contribution >= 0.6 is 0 Å². The highest BCUT2D eigenvalue weighted by Crippen LogP contribution is 2.26. The molecular weight excluding hydrogens is 226 g/mol. The Labute approximate surface area is 111 Å². The molecule has 1 amide bonds. The van der Waals surface area contributed by atoms with Crippen molar-refractivity contribution in [3.63, 3.8) is 0 Å². The highest BCUT2D eigenvalue weighted by Gasteiger charge is 2.33. The maximum absolute atomic E-state index is 12.2. The molecule has 0 spiro atoms. The van der Waals surface area contributed by atoms with Crippen LogP contribution in [0.5, 0.6) is 0 Å². The summed E-state index contributed by atoms with van der Waals surface area (Å²) in [5, 5.41) is 3.06. The highest BCUT2D eigenvalue weighted by molar-refractivity contribution is 5.82. The minimum atomic E-state index is -0.364. The molecule has 1 aliphatic rings. The van der Waals surface area contributed by atoms with Gasteiger partial charge in [0, 0.05) is 25.7 Å². The minimum Gasteiger partial charge on any atom is -0.354 e. The predicted octanol–water partition coefficient (Wildman–Crippen LogP) is 1.35. The number of carbonyl (C=O) groups is 1. The van der Waals surface area contributed by atoms with Crippen LogP contribution in [-0.4, -0.2) is 43.0 Å². The molecule has 3 N–H and O–H groups in total. The zero-order valence-corrected chi connectivity index (χ0v) is 12.2. The quantitative estimate of drug-likeness (QED) is 0.654. The van der Waals surface area contributed by atoms with Crippen LogP contribution in [0.3, 0.4) is 0 Å². The average Bonchev–Trinajstić information content (AvgIpc) is 3.22. The molecule has 0 aromatic carbocycles. The Morgan fingerprint density at radius 3 is 2.33 bits per heavy atom. The van der Waals surface area contributed by atoms with Gasteiger partial charge in [0.25, 0.3) is 0 Å². The molecule has 0 unspecified atom stereocenters. The van der Waals surface area contributed by atoms with Crippen molar-refractivity contribution < 1.29 is 4.79 Å². The van der Waals surface area contributed by atoms with Crippen LogP contribution in [0.15, 0.2) is 0 Å². The molecule has 0 bridgehead atoms. The van der Waals surface area contributed by atoms with Crippen molar-refractivity contribution in [2.45, 2.75) is 52.5 Å². The molecule has 0 aromatic heterocycles. The van der Waals surface area contributed by atoms with Crippen molar-refractivity contribution in [3.05, 3.63) is 0 Å². The molecule has 18 heavy (non-hydrogen) atoms. The second-order valence-corrected chi connectivity index (χ2v) is 5.31. The summed E-state index contributed by atoms with van der Waals surface area (Å²) in [6.07, 6.45) is 4.26. The smallest absolute Gasteiger partial charge is 0.227 e. The molecule has 1 saturated carbocycles. The summed E-state index contributed by atoms with van der Waals surface area (Å²) in [5.74, 6) is 0.127. The van der Waals surface area contributed by atoms with Gasteiger partial charge in [-0.2, -0.15) is 0 Å². The third kappa shape index (κ3) is 3.69. The van der Waals surface area contributed by atoms with Crippen molar-refractivity contribution >= 4 is 5.91 Å². The van der Waals surface area contributed by atoms with Crippen LogP contribution < -0.4 is 11.1 Å². The summed E-state index contributed by atoms with van der Waals surface area (Å²) in [6, 6.07) is 0.767. The van der Waals surface area contributed by atoms with E-state index in [0.717, 1.165) is 38.5 Å². The van der Waals surface area contributed by atoms with Gasteiger partial charge >= 0.3 is 0 Å². The zero-order chi connectivity index (χ0) is 13.6. The highest BCUT2D eigenvalue weighted by atomic mass is 16.2. The van der Waals surface area contributed by atoms with Crippen LogP contribution in [0, 0.1) is 5.41 Å². The third-order valence-electron chi connectivity index (χ3n) is 4.38. The fraction of sp³-hybridized carbons (Fsp3) is 0.929. The van der Waals surface area contributed by atoms with Gasteiger partial charge in [-0.15, -0.1) is 0 Å². The Kier molecular flexibility index (Phi) is 6.09. The normalized spacial score (nSPS) is 16.1. The van der Waals surface area contributed by atoms with Gasteiger partial charge in [0.2, 0.25) is 5.91 Å². The molecule has 0 aromatic rings. The lowest BCUT2D eigenvalue weighted by molar-refractivity contribution is -0.131. The van der Waals surface area contributed by atoms with Crippen LogP contribution in [0.25, 0.3) is 0 Å². The number of nitrogens with two attached hydrogens (primary N) is 1. The molecule has 0 atom stereocenters. The van der Waals surface area contributed by atoms with Crippen molar-refractivity contribution in [3.8, 4) is 0 Å². The molecule has 4 heteroatoms.